The Morgan fingerprint density at radius 3 is 2.70 bits per heavy atom. The second-order valence-electron chi connectivity index (χ2n) is 7.66. The lowest BCUT2D eigenvalue weighted by molar-refractivity contribution is 0.284. The number of hydrogen-bond donors (Lipinski definition) is 2. The van der Waals surface area contributed by atoms with Crippen LogP contribution in [0.5, 0.6) is 0 Å². The maximum Gasteiger partial charge on any atom is 0.166 e. The van der Waals surface area contributed by atoms with E-state index in [2.05, 4.69) is 49.5 Å². The minimum Gasteiger partial charge on any atom is -0.382 e. The number of nitrogen functional groups attached to an aromatic ring is 1. The largest absolute Gasteiger partial charge is 0.382 e. The zero-order valence-corrected chi connectivity index (χ0v) is 16.8. The number of hydrogen-bond acceptors (Lipinski definition) is 6. The maximum absolute atomic E-state index is 6.17. The zero-order chi connectivity index (χ0) is 20.3. The summed E-state index contributed by atoms with van der Waals surface area (Å²) in [5, 5.41) is 7.91. The second-order valence-corrected chi connectivity index (χ2v) is 7.66. The average Bonchev–Trinajstić information content (AvgIpc) is 2.92. The molecule has 1 saturated heterocycles. The van der Waals surface area contributed by atoms with Gasteiger partial charge >= 0.3 is 0 Å². The monoisotopic (exact) mass is 399 g/mol. The molecular weight excluding hydrogens is 374 g/mol. The number of nitrogens with two attached hydrogens (primary N) is 1. The molecule has 0 amide bonds. The maximum atomic E-state index is 6.17. The number of rotatable bonds is 4. The van der Waals surface area contributed by atoms with Crippen molar-refractivity contribution in [3.63, 3.8) is 0 Å². The van der Waals surface area contributed by atoms with Crippen LogP contribution in [0.25, 0.3) is 28.0 Å². The number of aromatic nitrogens is 4. The molecule has 7 nitrogen and oxygen atoms in total. The van der Waals surface area contributed by atoms with Gasteiger partial charge in [0, 0.05) is 43.8 Å². The van der Waals surface area contributed by atoms with Crippen molar-refractivity contribution in [3.05, 3.63) is 66.6 Å². The second kappa shape index (κ2) is 8.22. The van der Waals surface area contributed by atoms with Crippen molar-refractivity contribution in [3.8, 4) is 22.4 Å². The summed E-state index contributed by atoms with van der Waals surface area (Å²) in [7, 11) is 0. The fourth-order valence-electron chi connectivity index (χ4n) is 3.98. The molecule has 1 aliphatic rings. The van der Waals surface area contributed by atoms with Crippen LogP contribution in [0.1, 0.15) is 12.0 Å². The highest BCUT2D eigenvalue weighted by Crippen LogP contribution is 2.29. The highest BCUT2D eigenvalue weighted by Gasteiger charge is 2.15. The molecule has 4 heterocycles. The number of anilines is 1. The minimum atomic E-state index is 0.431. The molecule has 3 aromatic heterocycles. The highest BCUT2D eigenvalue weighted by atomic mass is 15.3. The first-order valence-corrected chi connectivity index (χ1v) is 10.4. The van der Waals surface area contributed by atoms with Gasteiger partial charge in [0.15, 0.2) is 11.5 Å². The predicted molar refractivity (Wildman–Crippen MR) is 119 cm³/mol. The number of pyridine rings is 1. The summed E-state index contributed by atoms with van der Waals surface area (Å²) in [5.74, 6) is 0.431. The first-order chi connectivity index (χ1) is 14.8. The Hall–Kier alpha value is -3.29. The molecule has 1 aliphatic heterocycles. The van der Waals surface area contributed by atoms with Gasteiger partial charge in [0.05, 0.1) is 11.3 Å². The fourth-order valence-corrected chi connectivity index (χ4v) is 3.98. The first kappa shape index (κ1) is 18.7. The van der Waals surface area contributed by atoms with Crippen LogP contribution in [0.4, 0.5) is 5.82 Å². The molecule has 0 unspecified atom stereocenters. The van der Waals surface area contributed by atoms with Crippen molar-refractivity contribution in [2.75, 3.05) is 31.9 Å². The number of nitrogens with one attached hydrogen (secondary N) is 1. The molecule has 5 rings (SSSR count). The standard InChI is InChI=1S/C23H25N7/c24-22-21(20-4-1-2-10-26-20)23-27-14-19(16-30(23)28-22)18-7-5-17(6-8-18)15-29-12-3-9-25-11-13-29/h1-2,4-8,10,14,16,25H,3,9,11-13,15H2,(H2,24,28). The molecule has 4 aromatic rings. The van der Waals surface area contributed by atoms with Gasteiger partial charge in [-0.05, 0) is 42.8 Å². The lowest BCUT2D eigenvalue weighted by atomic mass is 10.1. The highest BCUT2D eigenvalue weighted by molar-refractivity contribution is 5.84. The number of benzene rings is 1. The van der Waals surface area contributed by atoms with E-state index in [-0.39, 0.29) is 0 Å². The van der Waals surface area contributed by atoms with Gasteiger partial charge in [0.1, 0.15) is 0 Å². The van der Waals surface area contributed by atoms with Crippen LogP contribution in [0.15, 0.2) is 61.1 Å². The first-order valence-electron chi connectivity index (χ1n) is 10.4. The summed E-state index contributed by atoms with van der Waals surface area (Å²) in [6, 6.07) is 14.4. The lowest BCUT2D eigenvalue weighted by Crippen LogP contribution is -2.27. The van der Waals surface area contributed by atoms with E-state index in [0.717, 1.165) is 55.1 Å². The smallest absolute Gasteiger partial charge is 0.166 e. The van der Waals surface area contributed by atoms with Crippen LogP contribution in [-0.2, 0) is 6.54 Å². The Morgan fingerprint density at radius 2 is 1.87 bits per heavy atom. The summed E-state index contributed by atoms with van der Waals surface area (Å²) in [6.45, 7) is 5.42. The average molecular weight is 400 g/mol. The van der Waals surface area contributed by atoms with E-state index in [1.807, 2.05) is 30.6 Å². The van der Waals surface area contributed by atoms with Crippen molar-refractivity contribution in [1.82, 2.24) is 29.8 Å². The van der Waals surface area contributed by atoms with Crippen LogP contribution >= 0.6 is 0 Å². The third kappa shape index (κ3) is 3.77. The minimum absolute atomic E-state index is 0.431. The van der Waals surface area contributed by atoms with Crippen LogP contribution in [0, 0.1) is 0 Å². The molecule has 0 atom stereocenters. The molecule has 3 N–H and O–H groups in total. The van der Waals surface area contributed by atoms with E-state index in [9.17, 15) is 0 Å². The van der Waals surface area contributed by atoms with Crippen LogP contribution in [0.2, 0.25) is 0 Å². The Labute approximate surface area is 175 Å². The molecule has 1 fully saturated rings. The molecule has 0 bridgehead atoms. The molecule has 30 heavy (non-hydrogen) atoms. The van der Waals surface area contributed by atoms with E-state index in [1.165, 1.54) is 12.0 Å². The molecule has 152 valence electrons. The van der Waals surface area contributed by atoms with Gasteiger partial charge < -0.3 is 11.1 Å². The molecule has 0 saturated carbocycles. The molecule has 7 heteroatoms. The molecule has 0 aliphatic carbocycles. The van der Waals surface area contributed by atoms with Gasteiger partial charge in [-0.2, -0.15) is 0 Å². The molecule has 1 aromatic carbocycles. The summed E-state index contributed by atoms with van der Waals surface area (Å²) < 4.78 is 1.74. The van der Waals surface area contributed by atoms with Gasteiger partial charge in [-0.3, -0.25) is 9.88 Å². The van der Waals surface area contributed by atoms with E-state index in [1.54, 1.807) is 10.7 Å². The topological polar surface area (TPSA) is 84.4 Å². The van der Waals surface area contributed by atoms with Gasteiger partial charge in [-0.15, -0.1) is 5.10 Å². The summed E-state index contributed by atoms with van der Waals surface area (Å²) in [5.41, 5.74) is 11.9. The van der Waals surface area contributed by atoms with E-state index in [4.69, 9.17) is 5.73 Å². The number of fused-ring (bicyclic) bond motifs is 1. The van der Waals surface area contributed by atoms with Gasteiger partial charge in [-0.1, -0.05) is 30.3 Å². The lowest BCUT2D eigenvalue weighted by Gasteiger charge is -2.19. The van der Waals surface area contributed by atoms with Crippen LogP contribution < -0.4 is 11.1 Å². The van der Waals surface area contributed by atoms with E-state index < -0.39 is 0 Å². The fraction of sp³-hybridized carbons (Fsp3) is 0.261. The van der Waals surface area contributed by atoms with Gasteiger partial charge in [0.25, 0.3) is 0 Å². The van der Waals surface area contributed by atoms with Gasteiger partial charge in [-0.25, -0.2) is 9.50 Å². The Balaban J connectivity index is 1.40. The van der Waals surface area contributed by atoms with E-state index in [0.29, 0.717) is 11.5 Å². The van der Waals surface area contributed by atoms with E-state index >= 15 is 0 Å². The normalized spacial score (nSPS) is 15.3. The summed E-state index contributed by atoms with van der Waals surface area (Å²) >= 11 is 0. The summed E-state index contributed by atoms with van der Waals surface area (Å²) in [4.78, 5) is 11.5. The van der Waals surface area contributed by atoms with Crippen LogP contribution in [0.3, 0.4) is 0 Å². The number of nitrogens with zero attached hydrogens (tertiary/aromatic N) is 5. The van der Waals surface area contributed by atoms with Crippen molar-refractivity contribution < 1.29 is 0 Å². The quantitative estimate of drug-likeness (QED) is 0.549. The van der Waals surface area contributed by atoms with Gasteiger partial charge in [0.2, 0.25) is 0 Å². The summed E-state index contributed by atoms with van der Waals surface area (Å²) in [6.07, 6.45) is 6.80. The third-order valence-corrected chi connectivity index (χ3v) is 5.55. The van der Waals surface area contributed by atoms with Crippen molar-refractivity contribution in [2.45, 2.75) is 13.0 Å². The van der Waals surface area contributed by atoms with Crippen molar-refractivity contribution in [1.29, 1.82) is 0 Å². The Kier molecular flexibility index (Phi) is 5.13. The SMILES string of the molecule is Nc1nn2cc(-c3ccc(CN4CCCNCC4)cc3)cnc2c1-c1ccccn1. The molecule has 0 spiro atoms. The predicted octanol–water partition coefficient (Wildman–Crippen LogP) is 2.84. The van der Waals surface area contributed by atoms with Crippen LogP contribution in [-0.4, -0.2) is 50.7 Å². The zero-order valence-electron chi connectivity index (χ0n) is 16.8. The van der Waals surface area contributed by atoms with Crippen molar-refractivity contribution in [2.24, 2.45) is 0 Å². The third-order valence-electron chi connectivity index (χ3n) is 5.55. The van der Waals surface area contributed by atoms with Crippen molar-refractivity contribution >= 4 is 11.5 Å². The molecular formula is C23H25N7. The Morgan fingerprint density at radius 1 is 0.967 bits per heavy atom. The Bertz CT molecular complexity index is 1130. The molecule has 0 radical (unpaired) electrons.